The number of hydrogen-bond donors (Lipinski definition) is 0. The van der Waals surface area contributed by atoms with Gasteiger partial charge in [0.25, 0.3) is 5.91 Å². The minimum atomic E-state index is 0.0640. The molecule has 0 radical (unpaired) electrons. The zero-order chi connectivity index (χ0) is 20.5. The molecule has 2 aromatic heterocycles. The molecule has 5 rings (SSSR count). The maximum Gasteiger partial charge on any atom is 0.255 e. The van der Waals surface area contributed by atoms with E-state index in [-0.39, 0.29) is 5.91 Å². The number of nitrogens with zero attached hydrogens (tertiary/aromatic N) is 4. The van der Waals surface area contributed by atoms with Crippen LogP contribution in [-0.2, 0) is 0 Å². The van der Waals surface area contributed by atoms with Crippen LogP contribution in [0.15, 0.2) is 42.6 Å². The number of rotatable bonds is 4. The van der Waals surface area contributed by atoms with Gasteiger partial charge in [0, 0.05) is 49.5 Å². The van der Waals surface area contributed by atoms with E-state index in [1.54, 1.807) is 13.3 Å². The number of aromatic nitrogens is 2. The molecular weight excluding hydrogens is 376 g/mol. The molecule has 4 heterocycles. The first-order valence-corrected chi connectivity index (χ1v) is 10.7. The van der Waals surface area contributed by atoms with Gasteiger partial charge in [-0.1, -0.05) is 6.07 Å². The third kappa shape index (κ3) is 3.47. The normalized spacial score (nSPS) is 16.4. The molecule has 0 N–H and O–H groups in total. The highest BCUT2D eigenvalue weighted by atomic mass is 16.5. The Hall–Kier alpha value is -3.15. The van der Waals surface area contributed by atoms with Gasteiger partial charge in [0.05, 0.1) is 24.1 Å². The summed E-state index contributed by atoms with van der Waals surface area (Å²) in [6.07, 6.45) is 6.30. The summed E-state index contributed by atoms with van der Waals surface area (Å²) in [5.41, 5.74) is 4.18. The van der Waals surface area contributed by atoms with Crippen LogP contribution in [0.5, 0.6) is 5.75 Å². The molecule has 0 spiro atoms. The number of fused-ring (bicyclic) bond motifs is 1. The minimum Gasteiger partial charge on any atom is -0.494 e. The van der Waals surface area contributed by atoms with Crippen LogP contribution in [-0.4, -0.2) is 54.1 Å². The van der Waals surface area contributed by atoms with Gasteiger partial charge in [-0.25, -0.2) is 4.98 Å². The monoisotopic (exact) mass is 402 g/mol. The van der Waals surface area contributed by atoms with E-state index in [2.05, 4.69) is 28.1 Å². The highest BCUT2D eigenvalue weighted by Gasteiger charge is 2.20. The molecular formula is C24H26N4O2. The predicted molar refractivity (Wildman–Crippen MR) is 118 cm³/mol. The third-order valence-corrected chi connectivity index (χ3v) is 6.10. The lowest BCUT2D eigenvalue weighted by atomic mass is 10.1. The largest absolute Gasteiger partial charge is 0.494 e. The molecule has 154 valence electrons. The van der Waals surface area contributed by atoms with Crippen molar-refractivity contribution < 1.29 is 9.53 Å². The van der Waals surface area contributed by atoms with Crippen molar-refractivity contribution in [3.8, 4) is 17.1 Å². The number of carbonyl (C=O) groups is 1. The third-order valence-electron chi connectivity index (χ3n) is 6.10. The molecule has 2 fully saturated rings. The number of benzene rings is 1. The molecule has 0 aliphatic carbocycles. The van der Waals surface area contributed by atoms with Gasteiger partial charge in [0.15, 0.2) is 0 Å². The average molecular weight is 402 g/mol. The molecule has 2 aliphatic heterocycles. The molecule has 30 heavy (non-hydrogen) atoms. The van der Waals surface area contributed by atoms with E-state index in [9.17, 15) is 4.79 Å². The molecule has 2 aliphatic rings. The zero-order valence-corrected chi connectivity index (χ0v) is 17.3. The van der Waals surface area contributed by atoms with Crippen LogP contribution in [0.2, 0.25) is 0 Å². The molecule has 1 aromatic carbocycles. The Balaban J connectivity index is 1.45. The van der Waals surface area contributed by atoms with Gasteiger partial charge >= 0.3 is 0 Å². The summed E-state index contributed by atoms with van der Waals surface area (Å²) in [7, 11) is 1.69. The number of ether oxygens (including phenoxy) is 1. The maximum absolute atomic E-state index is 12.5. The van der Waals surface area contributed by atoms with Gasteiger partial charge in [-0.3, -0.25) is 9.78 Å². The van der Waals surface area contributed by atoms with E-state index >= 15 is 0 Å². The zero-order valence-electron chi connectivity index (χ0n) is 17.3. The van der Waals surface area contributed by atoms with E-state index in [1.165, 1.54) is 18.5 Å². The van der Waals surface area contributed by atoms with Crippen molar-refractivity contribution in [2.75, 3.05) is 38.2 Å². The lowest BCUT2D eigenvalue weighted by Gasteiger charge is -2.19. The number of methoxy groups -OCH3 is 1. The predicted octanol–water partition coefficient (Wildman–Crippen LogP) is 4.14. The molecule has 6 nitrogen and oxygen atoms in total. The van der Waals surface area contributed by atoms with Gasteiger partial charge < -0.3 is 14.5 Å². The van der Waals surface area contributed by atoms with Crippen molar-refractivity contribution in [3.05, 3.63) is 48.2 Å². The summed E-state index contributed by atoms with van der Waals surface area (Å²) in [5, 5.41) is 1.06. The van der Waals surface area contributed by atoms with E-state index in [4.69, 9.17) is 9.72 Å². The Morgan fingerprint density at radius 3 is 2.37 bits per heavy atom. The number of pyridine rings is 2. The van der Waals surface area contributed by atoms with Gasteiger partial charge in [-0.05, 0) is 49.9 Å². The Bertz CT molecular complexity index is 1070. The highest BCUT2D eigenvalue weighted by Crippen LogP contribution is 2.33. The van der Waals surface area contributed by atoms with Crippen LogP contribution < -0.4 is 9.64 Å². The van der Waals surface area contributed by atoms with Crippen molar-refractivity contribution in [3.63, 3.8) is 0 Å². The second-order valence-electron chi connectivity index (χ2n) is 8.04. The van der Waals surface area contributed by atoms with Crippen LogP contribution in [0.4, 0.5) is 5.69 Å². The number of hydrogen-bond acceptors (Lipinski definition) is 5. The van der Waals surface area contributed by atoms with E-state index in [1.807, 2.05) is 23.1 Å². The lowest BCUT2D eigenvalue weighted by Crippen LogP contribution is -2.27. The van der Waals surface area contributed by atoms with Crippen molar-refractivity contribution in [1.82, 2.24) is 14.9 Å². The molecule has 2 saturated heterocycles. The highest BCUT2D eigenvalue weighted by molar-refractivity contribution is 5.94. The minimum absolute atomic E-state index is 0.0640. The summed E-state index contributed by atoms with van der Waals surface area (Å²) in [4.78, 5) is 26.2. The molecule has 0 unspecified atom stereocenters. The smallest absolute Gasteiger partial charge is 0.255 e. The van der Waals surface area contributed by atoms with Crippen molar-refractivity contribution in [2.45, 2.75) is 25.7 Å². The van der Waals surface area contributed by atoms with Gasteiger partial charge in [-0.15, -0.1) is 0 Å². The van der Waals surface area contributed by atoms with Gasteiger partial charge in [0.2, 0.25) is 0 Å². The Morgan fingerprint density at radius 2 is 1.67 bits per heavy atom. The molecule has 0 bridgehead atoms. The molecule has 0 saturated carbocycles. The first-order chi connectivity index (χ1) is 14.7. The fourth-order valence-electron chi connectivity index (χ4n) is 4.42. The molecule has 1 amide bonds. The summed E-state index contributed by atoms with van der Waals surface area (Å²) in [6, 6.07) is 12.1. The molecule has 6 heteroatoms. The maximum atomic E-state index is 12.5. The number of likely N-dealkylation sites (tertiary alicyclic amines) is 1. The average Bonchev–Trinajstić information content (AvgIpc) is 3.52. The Kier molecular flexibility index (Phi) is 4.99. The van der Waals surface area contributed by atoms with Gasteiger partial charge in [-0.2, -0.15) is 0 Å². The number of anilines is 1. The topological polar surface area (TPSA) is 58.6 Å². The first-order valence-electron chi connectivity index (χ1n) is 10.7. The van der Waals surface area contributed by atoms with Crippen molar-refractivity contribution >= 4 is 22.5 Å². The second kappa shape index (κ2) is 7.94. The Morgan fingerprint density at radius 1 is 0.933 bits per heavy atom. The molecule has 0 atom stereocenters. The van der Waals surface area contributed by atoms with Crippen LogP contribution in [0.25, 0.3) is 22.3 Å². The van der Waals surface area contributed by atoms with Crippen LogP contribution >= 0.6 is 0 Å². The number of amides is 1. The summed E-state index contributed by atoms with van der Waals surface area (Å²) in [6.45, 7) is 3.86. The summed E-state index contributed by atoms with van der Waals surface area (Å²) >= 11 is 0. The molecule has 3 aromatic rings. The summed E-state index contributed by atoms with van der Waals surface area (Å²) in [5.74, 6) is 0.839. The van der Waals surface area contributed by atoms with Crippen LogP contribution in [0.3, 0.4) is 0 Å². The van der Waals surface area contributed by atoms with Crippen LogP contribution in [0.1, 0.15) is 36.0 Å². The van der Waals surface area contributed by atoms with E-state index in [0.717, 1.165) is 67.1 Å². The Labute approximate surface area is 176 Å². The fourth-order valence-corrected chi connectivity index (χ4v) is 4.42. The summed E-state index contributed by atoms with van der Waals surface area (Å²) < 4.78 is 5.67. The van der Waals surface area contributed by atoms with Crippen molar-refractivity contribution in [2.24, 2.45) is 0 Å². The number of carbonyl (C=O) groups excluding carboxylic acids is 1. The van der Waals surface area contributed by atoms with Crippen LogP contribution in [0, 0.1) is 0 Å². The van der Waals surface area contributed by atoms with E-state index in [0.29, 0.717) is 5.56 Å². The fraction of sp³-hybridized carbons (Fsp3) is 0.375. The van der Waals surface area contributed by atoms with E-state index < -0.39 is 0 Å². The lowest BCUT2D eigenvalue weighted by molar-refractivity contribution is 0.0792. The standard InChI is InChI=1S/C24H26N4O2/c1-30-22-15-19(27-10-2-3-11-27)14-17-6-9-21(26-23(17)22)20-8-7-18(16-25-20)24(29)28-12-4-5-13-28/h6-9,14-16H,2-5,10-13H2,1H3. The van der Waals surface area contributed by atoms with Gasteiger partial charge in [0.1, 0.15) is 11.3 Å². The first kappa shape index (κ1) is 18.9. The quantitative estimate of drug-likeness (QED) is 0.656. The van der Waals surface area contributed by atoms with Crippen molar-refractivity contribution in [1.29, 1.82) is 0 Å². The second-order valence-corrected chi connectivity index (χ2v) is 8.04. The SMILES string of the molecule is COc1cc(N2CCCC2)cc2ccc(-c3ccc(C(=O)N4CCCC4)cn3)nc12.